The second-order valence-corrected chi connectivity index (χ2v) is 10.8. The van der Waals surface area contributed by atoms with Gasteiger partial charge in [-0.2, -0.15) is 0 Å². The van der Waals surface area contributed by atoms with Crippen molar-refractivity contribution in [1.82, 2.24) is 25.5 Å². The van der Waals surface area contributed by atoms with E-state index in [0.717, 1.165) is 69.3 Å². The van der Waals surface area contributed by atoms with Gasteiger partial charge in [-0.1, -0.05) is 37.8 Å². The van der Waals surface area contributed by atoms with Crippen molar-refractivity contribution in [3.63, 3.8) is 0 Å². The van der Waals surface area contributed by atoms with E-state index in [9.17, 15) is 9.59 Å². The van der Waals surface area contributed by atoms with Crippen molar-refractivity contribution < 1.29 is 9.59 Å². The number of piperidine rings is 2. The molecule has 40 heavy (non-hydrogen) atoms. The van der Waals surface area contributed by atoms with Crippen LogP contribution in [0.1, 0.15) is 50.9 Å². The van der Waals surface area contributed by atoms with E-state index in [1.807, 2.05) is 48.2 Å². The first kappa shape index (κ1) is 29.0. The number of nitrogens with zero attached hydrogens (tertiary/aromatic N) is 4. The zero-order valence-corrected chi connectivity index (χ0v) is 23.4. The molecule has 8 nitrogen and oxygen atoms in total. The van der Waals surface area contributed by atoms with E-state index in [-0.39, 0.29) is 11.4 Å². The Kier molecular flexibility index (Phi) is 10.1. The molecule has 2 saturated carbocycles. The normalized spacial score (nSPS) is 25.8. The van der Waals surface area contributed by atoms with Crippen molar-refractivity contribution in [3.8, 4) is 23.7 Å². The van der Waals surface area contributed by atoms with Gasteiger partial charge in [0, 0.05) is 44.0 Å². The standard InChI is InChI=1S/C16H19N3O.C12H12N2.C4H7NO/c1-2-8-18-15(20)19-11-13-10-16(13,12-19)7-6-14-5-3-4-9-17-14;1-2-6-14-11(3-1)4-5-12-7-10(12)8-13-9-12;1-2-3-5-4-6/h3-5,9,13H,2,8,10-12H2,1H3,(H,18,20);1-3,6,10,13H,7-9H2;2-3H2,1H3. The summed E-state index contributed by atoms with van der Waals surface area (Å²) in [4.78, 5) is 34.8. The maximum Gasteiger partial charge on any atom is 0.317 e. The van der Waals surface area contributed by atoms with Crippen LogP contribution >= 0.6 is 0 Å². The van der Waals surface area contributed by atoms with Crippen molar-refractivity contribution in [2.45, 2.75) is 39.5 Å². The maximum absolute atomic E-state index is 11.9. The summed E-state index contributed by atoms with van der Waals surface area (Å²) < 4.78 is 0. The molecule has 4 fully saturated rings. The Bertz CT molecular complexity index is 1300. The Morgan fingerprint density at radius 1 is 1.02 bits per heavy atom. The van der Waals surface area contributed by atoms with Gasteiger partial charge in [-0.05, 0) is 80.2 Å². The number of likely N-dealkylation sites (tertiary alicyclic amines) is 1. The summed E-state index contributed by atoms with van der Waals surface area (Å²) in [6.07, 6.45) is 9.27. The van der Waals surface area contributed by atoms with E-state index in [2.05, 4.69) is 56.2 Å². The van der Waals surface area contributed by atoms with E-state index < -0.39 is 0 Å². The van der Waals surface area contributed by atoms with Crippen LogP contribution in [0.3, 0.4) is 0 Å². The highest BCUT2D eigenvalue weighted by molar-refractivity contribution is 5.75. The smallest absolute Gasteiger partial charge is 0.317 e. The van der Waals surface area contributed by atoms with Crippen molar-refractivity contribution >= 4 is 12.1 Å². The van der Waals surface area contributed by atoms with Gasteiger partial charge in [-0.3, -0.25) is 0 Å². The van der Waals surface area contributed by atoms with Crippen LogP contribution in [0.5, 0.6) is 0 Å². The third-order valence-electron chi connectivity index (χ3n) is 7.63. The van der Waals surface area contributed by atoms with E-state index in [4.69, 9.17) is 0 Å². The molecule has 208 valence electrons. The highest BCUT2D eigenvalue weighted by atomic mass is 16.2. The number of urea groups is 1. The van der Waals surface area contributed by atoms with Crippen LogP contribution in [0.25, 0.3) is 0 Å². The topological polar surface area (TPSA) is 99.6 Å². The van der Waals surface area contributed by atoms with Gasteiger partial charge in [0.15, 0.2) is 0 Å². The minimum Gasteiger partial charge on any atom is -0.338 e. The molecule has 2 amide bonds. The molecular formula is C32H38N6O2. The molecule has 6 rings (SSSR count). The molecule has 0 aromatic carbocycles. The fraction of sp³-hybridized carbons (Fsp3) is 0.500. The average molecular weight is 539 g/mol. The molecule has 8 heteroatoms. The highest BCUT2D eigenvalue weighted by Crippen LogP contribution is 2.57. The summed E-state index contributed by atoms with van der Waals surface area (Å²) in [5.41, 5.74) is 2.03. The number of isocyanates is 1. The first-order valence-electron chi connectivity index (χ1n) is 14.2. The molecule has 2 aliphatic carbocycles. The number of hydrogen-bond acceptors (Lipinski definition) is 6. The van der Waals surface area contributed by atoms with Gasteiger partial charge in [0.05, 0.1) is 12.0 Å². The van der Waals surface area contributed by atoms with Crippen LogP contribution in [0.4, 0.5) is 4.79 Å². The number of aliphatic imine (C=N–C) groups is 1. The molecule has 2 N–H and O–H groups in total. The molecule has 4 heterocycles. The molecule has 0 spiro atoms. The van der Waals surface area contributed by atoms with Gasteiger partial charge in [0.2, 0.25) is 6.08 Å². The number of carbonyl (C=O) groups excluding carboxylic acids is 2. The number of carbonyl (C=O) groups is 1. The third kappa shape index (κ3) is 7.79. The average Bonchev–Trinajstić information content (AvgIpc) is 3.78. The first-order valence-corrected chi connectivity index (χ1v) is 14.2. The van der Waals surface area contributed by atoms with Crippen molar-refractivity contribution in [2.24, 2.45) is 27.7 Å². The van der Waals surface area contributed by atoms with Crippen molar-refractivity contribution in [2.75, 3.05) is 39.3 Å². The largest absolute Gasteiger partial charge is 0.338 e. The molecule has 4 aliphatic rings. The SMILES string of the molecule is C(#CC12CNCC1C2)c1ccccn1.CCCN=C=O.CCCNC(=O)N1CC2CC2(C#Cc2ccccn2)C1. The Labute approximate surface area is 237 Å². The second-order valence-electron chi connectivity index (χ2n) is 10.8. The van der Waals surface area contributed by atoms with Crippen LogP contribution in [-0.2, 0) is 4.79 Å². The van der Waals surface area contributed by atoms with Gasteiger partial charge in [0.1, 0.15) is 11.4 Å². The van der Waals surface area contributed by atoms with Crippen molar-refractivity contribution in [3.05, 3.63) is 60.2 Å². The summed E-state index contributed by atoms with van der Waals surface area (Å²) in [6, 6.07) is 11.7. The molecule has 0 bridgehead atoms. The second kappa shape index (κ2) is 13.9. The van der Waals surface area contributed by atoms with Gasteiger partial charge in [-0.15, -0.1) is 0 Å². The maximum atomic E-state index is 11.9. The fourth-order valence-electron chi connectivity index (χ4n) is 5.12. The summed E-state index contributed by atoms with van der Waals surface area (Å²) in [5.74, 6) is 14.4. The predicted octanol–water partition coefficient (Wildman–Crippen LogP) is 3.65. The van der Waals surface area contributed by atoms with Gasteiger partial charge in [0.25, 0.3) is 0 Å². The van der Waals surface area contributed by atoms with Crippen LogP contribution in [-0.4, -0.2) is 66.2 Å². The lowest BCUT2D eigenvalue weighted by Crippen LogP contribution is -2.40. The monoisotopic (exact) mass is 538 g/mol. The van der Waals surface area contributed by atoms with E-state index in [0.29, 0.717) is 17.9 Å². The van der Waals surface area contributed by atoms with Gasteiger partial charge < -0.3 is 15.5 Å². The Morgan fingerprint density at radius 2 is 1.70 bits per heavy atom. The molecule has 4 atom stereocenters. The van der Waals surface area contributed by atoms with Crippen LogP contribution in [0.15, 0.2) is 53.8 Å². The Balaban J connectivity index is 0.000000160. The van der Waals surface area contributed by atoms with Gasteiger partial charge >= 0.3 is 6.03 Å². The lowest BCUT2D eigenvalue weighted by Gasteiger charge is -2.19. The quantitative estimate of drug-likeness (QED) is 0.352. The lowest BCUT2D eigenvalue weighted by atomic mass is 10.1. The van der Waals surface area contributed by atoms with E-state index >= 15 is 0 Å². The molecule has 2 aliphatic heterocycles. The van der Waals surface area contributed by atoms with Crippen LogP contribution in [0, 0.1) is 46.3 Å². The zero-order chi connectivity index (χ0) is 28.3. The van der Waals surface area contributed by atoms with Crippen LogP contribution in [0.2, 0.25) is 0 Å². The Hall–Kier alpha value is -3.97. The lowest BCUT2D eigenvalue weighted by molar-refractivity contribution is 0.202. The summed E-state index contributed by atoms with van der Waals surface area (Å²) in [7, 11) is 0. The molecule has 2 saturated heterocycles. The number of hydrogen-bond donors (Lipinski definition) is 2. The molecule has 2 aromatic heterocycles. The number of nitrogens with one attached hydrogen (secondary N) is 2. The number of rotatable bonds is 4. The number of aromatic nitrogens is 2. The van der Waals surface area contributed by atoms with E-state index in [1.165, 1.54) is 12.5 Å². The predicted molar refractivity (Wildman–Crippen MR) is 155 cm³/mol. The number of fused-ring (bicyclic) bond motifs is 2. The molecule has 4 unspecified atom stereocenters. The molecule has 2 aromatic rings. The minimum atomic E-state index is 0.0288. The summed E-state index contributed by atoms with van der Waals surface area (Å²) >= 11 is 0. The number of amides is 2. The highest BCUT2D eigenvalue weighted by Gasteiger charge is 2.60. The third-order valence-corrected chi connectivity index (χ3v) is 7.63. The number of pyridine rings is 2. The van der Waals surface area contributed by atoms with E-state index in [1.54, 1.807) is 12.4 Å². The minimum absolute atomic E-state index is 0.0288. The Morgan fingerprint density at radius 3 is 2.20 bits per heavy atom. The van der Waals surface area contributed by atoms with Crippen LogP contribution < -0.4 is 10.6 Å². The molecule has 0 radical (unpaired) electrons. The summed E-state index contributed by atoms with van der Waals surface area (Å²) in [6.45, 7) is 9.19. The van der Waals surface area contributed by atoms with Crippen molar-refractivity contribution in [1.29, 1.82) is 0 Å². The fourth-order valence-corrected chi connectivity index (χ4v) is 5.12. The molecular weight excluding hydrogens is 500 g/mol. The zero-order valence-electron chi connectivity index (χ0n) is 23.4. The van der Waals surface area contributed by atoms with Gasteiger partial charge in [-0.25, -0.2) is 24.5 Å². The first-order chi connectivity index (χ1) is 19.5. The summed E-state index contributed by atoms with van der Waals surface area (Å²) in [5, 5.41) is 6.31.